The number of fused-ring (bicyclic) bond motifs is 1. The Morgan fingerprint density at radius 3 is 2.90 bits per heavy atom. The largest absolute Gasteiger partial charge is 0.497 e. The minimum absolute atomic E-state index is 0.329. The molecule has 0 bridgehead atoms. The van der Waals surface area contributed by atoms with Gasteiger partial charge in [0.1, 0.15) is 15.7 Å². The Labute approximate surface area is 129 Å². The van der Waals surface area contributed by atoms with Crippen LogP contribution in [0.25, 0.3) is 10.8 Å². The lowest BCUT2D eigenvalue weighted by Gasteiger charge is -2.06. The lowest BCUT2D eigenvalue weighted by Crippen LogP contribution is -1.90. The SMILES string of the molecule is COc1ccc2ccnc(Sc3csc(C(=O)O)c3)c2c1. The molecule has 2 aromatic heterocycles. The summed E-state index contributed by atoms with van der Waals surface area (Å²) in [4.78, 5) is 16.5. The van der Waals surface area contributed by atoms with Gasteiger partial charge in [-0.2, -0.15) is 0 Å². The van der Waals surface area contributed by atoms with Crippen LogP contribution in [0.4, 0.5) is 0 Å². The van der Waals surface area contributed by atoms with Crippen LogP contribution in [-0.4, -0.2) is 23.2 Å². The molecule has 1 N–H and O–H groups in total. The summed E-state index contributed by atoms with van der Waals surface area (Å²) in [7, 11) is 1.63. The Morgan fingerprint density at radius 2 is 2.19 bits per heavy atom. The number of hydrogen-bond acceptors (Lipinski definition) is 5. The molecule has 0 fully saturated rings. The second-order valence-corrected chi connectivity index (χ2v) is 6.23. The number of thiophene rings is 1. The van der Waals surface area contributed by atoms with Crippen molar-refractivity contribution in [3.05, 3.63) is 46.8 Å². The van der Waals surface area contributed by atoms with Crippen LogP contribution in [0.1, 0.15) is 9.67 Å². The summed E-state index contributed by atoms with van der Waals surface area (Å²) in [5.74, 6) is -0.131. The molecule has 21 heavy (non-hydrogen) atoms. The molecule has 0 aliphatic rings. The number of carboxylic acid groups (broad SMARTS) is 1. The maximum absolute atomic E-state index is 10.9. The molecule has 106 valence electrons. The highest BCUT2D eigenvalue weighted by Gasteiger charge is 2.10. The zero-order valence-corrected chi connectivity index (χ0v) is 12.7. The summed E-state index contributed by atoms with van der Waals surface area (Å²) in [6, 6.07) is 9.43. The van der Waals surface area contributed by atoms with E-state index < -0.39 is 5.97 Å². The van der Waals surface area contributed by atoms with Crippen molar-refractivity contribution < 1.29 is 14.6 Å². The van der Waals surface area contributed by atoms with Gasteiger partial charge < -0.3 is 9.84 Å². The van der Waals surface area contributed by atoms with Crippen LogP contribution in [0.15, 0.2) is 51.8 Å². The second-order valence-electron chi connectivity index (χ2n) is 4.26. The van der Waals surface area contributed by atoms with Gasteiger partial charge in [0.05, 0.1) is 7.11 Å². The predicted molar refractivity (Wildman–Crippen MR) is 83.7 cm³/mol. The number of aromatic nitrogens is 1. The molecule has 0 radical (unpaired) electrons. The number of rotatable bonds is 4. The van der Waals surface area contributed by atoms with E-state index in [1.807, 2.05) is 29.6 Å². The van der Waals surface area contributed by atoms with Crippen LogP contribution in [0.3, 0.4) is 0 Å². The molecule has 0 saturated carbocycles. The number of carboxylic acids is 1. The lowest BCUT2D eigenvalue weighted by atomic mass is 10.2. The third-order valence-corrected chi connectivity index (χ3v) is 4.99. The highest BCUT2D eigenvalue weighted by molar-refractivity contribution is 7.99. The zero-order chi connectivity index (χ0) is 14.8. The Hall–Kier alpha value is -2.05. The fraction of sp³-hybridized carbons (Fsp3) is 0.0667. The number of nitrogens with zero attached hydrogens (tertiary/aromatic N) is 1. The Kier molecular flexibility index (Phi) is 3.81. The number of carbonyl (C=O) groups is 1. The Morgan fingerprint density at radius 1 is 1.33 bits per heavy atom. The first kappa shape index (κ1) is 13.9. The summed E-state index contributed by atoms with van der Waals surface area (Å²) in [6.07, 6.45) is 1.75. The molecule has 2 heterocycles. The molecular formula is C15H11NO3S2. The first-order valence-corrected chi connectivity index (χ1v) is 7.79. The van der Waals surface area contributed by atoms with E-state index in [0.717, 1.165) is 26.4 Å². The first-order chi connectivity index (χ1) is 10.2. The summed E-state index contributed by atoms with van der Waals surface area (Å²) in [6.45, 7) is 0. The van der Waals surface area contributed by atoms with Gasteiger partial charge >= 0.3 is 5.97 Å². The van der Waals surface area contributed by atoms with Crippen LogP contribution in [0.5, 0.6) is 5.75 Å². The van der Waals surface area contributed by atoms with Gasteiger partial charge in [0.2, 0.25) is 0 Å². The van der Waals surface area contributed by atoms with Crippen molar-refractivity contribution in [1.29, 1.82) is 0 Å². The highest BCUT2D eigenvalue weighted by atomic mass is 32.2. The van der Waals surface area contributed by atoms with Crippen molar-refractivity contribution in [3.63, 3.8) is 0 Å². The smallest absolute Gasteiger partial charge is 0.345 e. The molecule has 6 heteroatoms. The third kappa shape index (κ3) is 2.86. The van der Waals surface area contributed by atoms with Crippen LogP contribution >= 0.6 is 23.1 Å². The quantitative estimate of drug-likeness (QED) is 0.783. The van der Waals surface area contributed by atoms with Crippen molar-refractivity contribution in [2.24, 2.45) is 0 Å². The number of pyridine rings is 1. The monoisotopic (exact) mass is 317 g/mol. The minimum Gasteiger partial charge on any atom is -0.497 e. The number of methoxy groups -OCH3 is 1. The first-order valence-electron chi connectivity index (χ1n) is 6.10. The summed E-state index contributed by atoms with van der Waals surface area (Å²) < 4.78 is 5.25. The van der Waals surface area contributed by atoms with Crippen molar-refractivity contribution in [1.82, 2.24) is 4.98 Å². The van der Waals surface area contributed by atoms with Gasteiger partial charge in [0, 0.05) is 21.9 Å². The van der Waals surface area contributed by atoms with Crippen LogP contribution in [0, 0.1) is 0 Å². The average molecular weight is 317 g/mol. The van der Waals surface area contributed by atoms with E-state index in [-0.39, 0.29) is 0 Å². The van der Waals surface area contributed by atoms with Crippen molar-refractivity contribution >= 4 is 39.8 Å². The van der Waals surface area contributed by atoms with Gasteiger partial charge in [0.15, 0.2) is 0 Å². The molecule has 0 saturated heterocycles. The van der Waals surface area contributed by atoms with Gasteiger partial charge in [0.25, 0.3) is 0 Å². The molecule has 3 aromatic rings. The number of benzene rings is 1. The van der Waals surface area contributed by atoms with Crippen molar-refractivity contribution in [2.75, 3.05) is 7.11 Å². The van der Waals surface area contributed by atoms with E-state index >= 15 is 0 Å². The van der Waals surface area contributed by atoms with Crippen LogP contribution < -0.4 is 4.74 Å². The van der Waals surface area contributed by atoms with E-state index in [4.69, 9.17) is 9.84 Å². The summed E-state index contributed by atoms with van der Waals surface area (Å²) in [5.41, 5.74) is 0. The molecule has 0 spiro atoms. The van der Waals surface area contributed by atoms with Crippen LogP contribution in [-0.2, 0) is 0 Å². The summed E-state index contributed by atoms with van der Waals surface area (Å²) in [5, 5.41) is 13.7. The van der Waals surface area contributed by atoms with Gasteiger partial charge in [-0.1, -0.05) is 17.8 Å². The standard InChI is InChI=1S/C15H11NO3S2/c1-19-10-3-2-9-4-5-16-14(12(9)6-10)21-11-7-13(15(17)18)20-8-11/h2-8H,1H3,(H,17,18). The number of ether oxygens (including phenoxy) is 1. The summed E-state index contributed by atoms with van der Waals surface area (Å²) >= 11 is 2.67. The maximum Gasteiger partial charge on any atom is 0.345 e. The molecule has 0 atom stereocenters. The lowest BCUT2D eigenvalue weighted by molar-refractivity contribution is 0.0702. The highest BCUT2D eigenvalue weighted by Crippen LogP contribution is 2.35. The molecule has 4 nitrogen and oxygen atoms in total. The molecule has 0 aliphatic carbocycles. The molecular weight excluding hydrogens is 306 g/mol. The van der Waals surface area contributed by atoms with Crippen molar-refractivity contribution in [3.8, 4) is 5.75 Å². The van der Waals surface area contributed by atoms with Gasteiger partial charge in [-0.15, -0.1) is 11.3 Å². The fourth-order valence-corrected chi connectivity index (χ4v) is 3.74. The van der Waals surface area contributed by atoms with E-state index in [1.54, 1.807) is 19.4 Å². The predicted octanol–water partition coefficient (Wildman–Crippen LogP) is 4.15. The van der Waals surface area contributed by atoms with Crippen LogP contribution in [0.2, 0.25) is 0 Å². The Bertz CT molecular complexity index is 814. The molecule has 0 unspecified atom stereocenters. The second kappa shape index (κ2) is 5.75. The number of aromatic carboxylic acids is 1. The van der Waals surface area contributed by atoms with Gasteiger partial charge in [-0.05, 0) is 29.7 Å². The average Bonchev–Trinajstić information content (AvgIpc) is 2.96. The molecule has 3 rings (SSSR count). The topological polar surface area (TPSA) is 59.4 Å². The molecule has 0 aliphatic heterocycles. The van der Waals surface area contributed by atoms with E-state index in [2.05, 4.69) is 4.98 Å². The van der Waals surface area contributed by atoms with E-state index in [1.165, 1.54) is 23.1 Å². The third-order valence-electron chi connectivity index (χ3n) is 2.94. The Balaban J connectivity index is 2.00. The molecule has 0 amide bonds. The maximum atomic E-state index is 10.9. The number of hydrogen-bond donors (Lipinski definition) is 1. The van der Waals surface area contributed by atoms with E-state index in [9.17, 15) is 4.79 Å². The fourth-order valence-electron chi connectivity index (χ4n) is 1.93. The van der Waals surface area contributed by atoms with Gasteiger partial charge in [-0.3, -0.25) is 0 Å². The minimum atomic E-state index is -0.903. The van der Waals surface area contributed by atoms with E-state index in [0.29, 0.717) is 4.88 Å². The zero-order valence-electron chi connectivity index (χ0n) is 11.1. The van der Waals surface area contributed by atoms with Gasteiger partial charge in [-0.25, -0.2) is 9.78 Å². The normalized spacial score (nSPS) is 10.7. The van der Waals surface area contributed by atoms with Crippen molar-refractivity contribution in [2.45, 2.75) is 9.92 Å². The molecule has 1 aromatic carbocycles.